The van der Waals surface area contributed by atoms with E-state index in [0.29, 0.717) is 10.6 Å². The van der Waals surface area contributed by atoms with Crippen LogP contribution in [0.1, 0.15) is 6.92 Å². The van der Waals surface area contributed by atoms with Gasteiger partial charge in [-0.3, -0.25) is 0 Å². The van der Waals surface area contributed by atoms with Crippen LogP contribution in [0.4, 0.5) is 0 Å². The standard InChI is InChI=1S/C5H11NS2/c1-4(6)5-7-2-3-8-5/h4-5H,2-3,6H2,1H3/t4-/m1/s1. The van der Waals surface area contributed by atoms with Crippen molar-refractivity contribution in [1.82, 2.24) is 0 Å². The van der Waals surface area contributed by atoms with Crippen molar-refractivity contribution in [2.24, 2.45) is 5.73 Å². The second-order valence-electron chi connectivity index (χ2n) is 1.97. The molecule has 1 nitrogen and oxygen atoms in total. The van der Waals surface area contributed by atoms with Crippen LogP contribution < -0.4 is 5.73 Å². The molecule has 0 saturated carbocycles. The predicted octanol–water partition coefficient (Wildman–Crippen LogP) is 1.14. The van der Waals surface area contributed by atoms with Gasteiger partial charge in [-0.1, -0.05) is 0 Å². The lowest BCUT2D eigenvalue weighted by Gasteiger charge is -2.10. The molecule has 0 amide bonds. The van der Waals surface area contributed by atoms with E-state index in [2.05, 4.69) is 6.92 Å². The van der Waals surface area contributed by atoms with Gasteiger partial charge in [-0.15, -0.1) is 23.5 Å². The molecule has 0 aromatic rings. The fourth-order valence-corrected chi connectivity index (χ4v) is 3.48. The Hall–Kier alpha value is 0.660. The van der Waals surface area contributed by atoms with Crippen LogP contribution in [0, 0.1) is 0 Å². The Balaban J connectivity index is 2.24. The Morgan fingerprint density at radius 3 is 2.25 bits per heavy atom. The van der Waals surface area contributed by atoms with Crippen LogP contribution >= 0.6 is 23.5 Å². The molecule has 1 saturated heterocycles. The van der Waals surface area contributed by atoms with Crippen molar-refractivity contribution < 1.29 is 0 Å². The maximum atomic E-state index is 5.66. The summed E-state index contributed by atoms with van der Waals surface area (Å²) in [6.07, 6.45) is 0. The number of hydrogen-bond donors (Lipinski definition) is 1. The molecule has 1 atom stereocenters. The van der Waals surface area contributed by atoms with Crippen molar-refractivity contribution in [3.8, 4) is 0 Å². The maximum absolute atomic E-state index is 5.66. The van der Waals surface area contributed by atoms with Gasteiger partial charge >= 0.3 is 0 Å². The molecule has 0 spiro atoms. The summed E-state index contributed by atoms with van der Waals surface area (Å²) in [5.41, 5.74) is 5.66. The molecule has 1 rings (SSSR count). The van der Waals surface area contributed by atoms with Gasteiger partial charge in [-0.25, -0.2) is 0 Å². The van der Waals surface area contributed by atoms with Crippen molar-refractivity contribution in [2.45, 2.75) is 17.5 Å². The van der Waals surface area contributed by atoms with Crippen LogP contribution in [0.2, 0.25) is 0 Å². The van der Waals surface area contributed by atoms with E-state index in [1.807, 2.05) is 23.5 Å². The molecular formula is C5H11NS2. The Morgan fingerprint density at radius 2 is 2.00 bits per heavy atom. The molecule has 1 heterocycles. The third-order valence-corrected chi connectivity index (χ3v) is 4.55. The second kappa shape index (κ2) is 2.99. The normalized spacial score (nSPS) is 26.2. The van der Waals surface area contributed by atoms with Gasteiger partial charge < -0.3 is 5.73 Å². The first-order chi connectivity index (χ1) is 3.80. The highest BCUT2D eigenvalue weighted by Gasteiger charge is 2.19. The lowest BCUT2D eigenvalue weighted by Crippen LogP contribution is -2.24. The zero-order valence-corrected chi connectivity index (χ0v) is 6.60. The Morgan fingerprint density at radius 1 is 1.50 bits per heavy atom. The molecule has 48 valence electrons. The summed E-state index contributed by atoms with van der Waals surface area (Å²) in [6, 6.07) is 0.368. The quantitative estimate of drug-likeness (QED) is 0.605. The molecule has 1 aliphatic heterocycles. The monoisotopic (exact) mass is 149 g/mol. The van der Waals surface area contributed by atoms with Gasteiger partial charge in [0.25, 0.3) is 0 Å². The van der Waals surface area contributed by atoms with Gasteiger partial charge in [0.05, 0.1) is 4.58 Å². The molecule has 0 aromatic carbocycles. The summed E-state index contributed by atoms with van der Waals surface area (Å²) >= 11 is 3.98. The van der Waals surface area contributed by atoms with Gasteiger partial charge in [0, 0.05) is 17.5 Å². The van der Waals surface area contributed by atoms with E-state index < -0.39 is 0 Å². The zero-order valence-electron chi connectivity index (χ0n) is 4.96. The largest absolute Gasteiger partial charge is 0.326 e. The van der Waals surface area contributed by atoms with Crippen LogP contribution in [0.3, 0.4) is 0 Å². The molecule has 3 heteroatoms. The summed E-state index contributed by atoms with van der Waals surface area (Å²) in [7, 11) is 0. The summed E-state index contributed by atoms with van der Waals surface area (Å²) < 4.78 is 0.676. The van der Waals surface area contributed by atoms with Gasteiger partial charge in [0.15, 0.2) is 0 Å². The van der Waals surface area contributed by atoms with Crippen LogP contribution in [0.15, 0.2) is 0 Å². The van der Waals surface area contributed by atoms with Crippen LogP contribution in [-0.4, -0.2) is 22.1 Å². The van der Waals surface area contributed by atoms with E-state index in [-0.39, 0.29) is 0 Å². The molecule has 1 fully saturated rings. The zero-order chi connectivity index (χ0) is 5.98. The third kappa shape index (κ3) is 1.57. The number of thioether (sulfide) groups is 2. The summed E-state index contributed by atoms with van der Waals surface area (Å²) in [4.78, 5) is 0. The van der Waals surface area contributed by atoms with E-state index >= 15 is 0 Å². The molecular weight excluding hydrogens is 138 g/mol. The number of rotatable bonds is 1. The molecule has 1 aliphatic rings. The Kier molecular flexibility index (Phi) is 2.53. The van der Waals surface area contributed by atoms with E-state index in [1.54, 1.807) is 0 Å². The molecule has 0 bridgehead atoms. The van der Waals surface area contributed by atoms with Crippen molar-refractivity contribution in [2.75, 3.05) is 11.5 Å². The lowest BCUT2D eigenvalue weighted by atomic mass is 10.4. The topological polar surface area (TPSA) is 26.0 Å². The molecule has 2 N–H and O–H groups in total. The van der Waals surface area contributed by atoms with Crippen LogP contribution in [-0.2, 0) is 0 Å². The predicted molar refractivity (Wildman–Crippen MR) is 42.4 cm³/mol. The van der Waals surface area contributed by atoms with Crippen molar-refractivity contribution >= 4 is 23.5 Å². The van der Waals surface area contributed by atoms with E-state index in [0.717, 1.165) is 0 Å². The average Bonchev–Trinajstić information content (AvgIpc) is 2.12. The van der Waals surface area contributed by atoms with Crippen molar-refractivity contribution in [3.05, 3.63) is 0 Å². The summed E-state index contributed by atoms with van der Waals surface area (Å²) in [5.74, 6) is 2.58. The molecule has 0 aromatic heterocycles. The van der Waals surface area contributed by atoms with Crippen LogP contribution in [0.25, 0.3) is 0 Å². The van der Waals surface area contributed by atoms with E-state index in [1.165, 1.54) is 11.5 Å². The van der Waals surface area contributed by atoms with Gasteiger partial charge in [-0.2, -0.15) is 0 Å². The highest BCUT2D eigenvalue weighted by Crippen LogP contribution is 2.33. The lowest BCUT2D eigenvalue weighted by molar-refractivity contribution is 0.820. The minimum absolute atomic E-state index is 0.368. The molecule has 0 aliphatic carbocycles. The highest BCUT2D eigenvalue weighted by atomic mass is 32.2. The molecule has 0 unspecified atom stereocenters. The van der Waals surface area contributed by atoms with Gasteiger partial charge in [-0.05, 0) is 6.92 Å². The smallest absolute Gasteiger partial charge is 0.0651 e. The summed E-state index contributed by atoms with van der Waals surface area (Å²) in [5, 5.41) is 0. The van der Waals surface area contributed by atoms with E-state index in [9.17, 15) is 0 Å². The molecule has 8 heavy (non-hydrogen) atoms. The summed E-state index contributed by atoms with van der Waals surface area (Å²) in [6.45, 7) is 2.08. The Labute approximate surface area is 58.8 Å². The van der Waals surface area contributed by atoms with Gasteiger partial charge in [0.2, 0.25) is 0 Å². The van der Waals surface area contributed by atoms with Crippen LogP contribution in [0.5, 0.6) is 0 Å². The maximum Gasteiger partial charge on any atom is 0.0651 e. The molecule has 0 radical (unpaired) electrons. The number of hydrogen-bond acceptors (Lipinski definition) is 3. The average molecular weight is 149 g/mol. The fraction of sp³-hybridized carbons (Fsp3) is 1.00. The second-order valence-corrected chi connectivity index (χ2v) is 4.77. The van der Waals surface area contributed by atoms with Gasteiger partial charge in [0.1, 0.15) is 0 Å². The first-order valence-corrected chi connectivity index (χ1v) is 4.89. The van der Waals surface area contributed by atoms with Crippen molar-refractivity contribution in [1.29, 1.82) is 0 Å². The Bertz CT molecular complexity index is 68.8. The first-order valence-electron chi connectivity index (χ1n) is 2.79. The fourth-order valence-electron chi connectivity index (χ4n) is 0.680. The highest BCUT2D eigenvalue weighted by molar-refractivity contribution is 8.20. The first kappa shape index (κ1) is 6.78. The minimum atomic E-state index is 0.368. The third-order valence-electron chi connectivity index (χ3n) is 1.08. The van der Waals surface area contributed by atoms with Crippen molar-refractivity contribution in [3.63, 3.8) is 0 Å². The SMILES string of the molecule is C[C@@H](N)C1SCCS1. The number of nitrogens with two attached hydrogens (primary N) is 1. The minimum Gasteiger partial charge on any atom is -0.326 e. The van der Waals surface area contributed by atoms with E-state index in [4.69, 9.17) is 5.73 Å².